The normalized spacial score (nSPS) is 11.6. The lowest BCUT2D eigenvalue weighted by Crippen LogP contribution is -2.34. The zero-order chi connectivity index (χ0) is 21.0. The monoisotopic (exact) mass is 451 g/mol. The standard InChI is InChI=1S/C19H21N3O4S3/c1-4-26-15-9-7-14(8-10-15)18-13(2)28-19(21-18)20-16(23)12-22(3)29(24,25)17-6-5-11-27-17/h5-11H,4,12H2,1-3H3,(H,20,21,23). The molecule has 2 heterocycles. The maximum atomic E-state index is 12.4. The first-order valence-corrected chi connectivity index (χ1v) is 11.9. The van der Waals surface area contributed by atoms with Gasteiger partial charge in [-0.1, -0.05) is 6.07 Å². The molecule has 1 N–H and O–H groups in total. The van der Waals surface area contributed by atoms with Crippen molar-refractivity contribution >= 4 is 43.7 Å². The molecule has 3 rings (SSSR count). The molecule has 0 saturated heterocycles. The van der Waals surface area contributed by atoms with Crippen LogP contribution in [0, 0.1) is 6.92 Å². The second kappa shape index (κ2) is 9.04. The van der Waals surface area contributed by atoms with E-state index in [1.54, 1.807) is 11.4 Å². The maximum absolute atomic E-state index is 12.4. The van der Waals surface area contributed by atoms with Crippen molar-refractivity contribution in [3.05, 3.63) is 46.7 Å². The van der Waals surface area contributed by atoms with Crippen LogP contribution >= 0.6 is 22.7 Å². The molecule has 29 heavy (non-hydrogen) atoms. The van der Waals surface area contributed by atoms with E-state index in [9.17, 15) is 13.2 Å². The highest BCUT2D eigenvalue weighted by Gasteiger charge is 2.24. The number of hydrogen-bond donors (Lipinski definition) is 1. The van der Waals surface area contributed by atoms with Gasteiger partial charge in [-0.15, -0.1) is 22.7 Å². The number of carbonyl (C=O) groups excluding carboxylic acids is 1. The Balaban J connectivity index is 1.68. The lowest BCUT2D eigenvalue weighted by atomic mass is 10.1. The highest BCUT2D eigenvalue weighted by molar-refractivity contribution is 7.91. The van der Waals surface area contributed by atoms with E-state index in [-0.39, 0.29) is 10.8 Å². The van der Waals surface area contributed by atoms with Crippen LogP contribution < -0.4 is 10.1 Å². The minimum absolute atomic E-state index is 0.204. The minimum Gasteiger partial charge on any atom is -0.494 e. The average Bonchev–Trinajstić information content (AvgIpc) is 3.33. The number of nitrogens with zero attached hydrogens (tertiary/aromatic N) is 2. The van der Waals surface area contributed by atoms with Gasteiger partial charge in [0.15, 0.2) is 5.13 Å². The Hall–Kier alpha value is -2.27. The summed E-state index contributed by atoms with van der Waals surface area (Å²) in [6, 6.07) is 10.8. The molecule has 0 aliphatic rings. The topological polar surface area (TPSA) is 88.6 Å². The van der Waals surface area contributed by atoms with Gasteiger partial charge in [0.2, 0.25) is 5.91 Å². The number of thiophene rings is 1. The van der Waals surface area contributed by atoms with Crippen LogP contribution in [0.15, 0.2) is 46.0 Å². The number of amides is 1. The number of aryl methyl sites for hydroxylation is 1. The number of hydrogen-bond acceptors (Lipinski definition) is 7. The zero-order valence-corrected chi connectivity index (χ0v) is 18.7. The predicted octanol–water partition coefficient (Wildman–Crippen LogP) is 3.84. The van der Waals surface area contributed by atoms with Crippen LogP contribution in [0.3, 0.4) is 0 Å². The Bertz CT molecular complexity index is 1070. The van der Waals surface area contributed by atoms with Gasteiger partial charge in [-0.3, -0.25) is 4.79 Å². The SMILES string of the molecule is CCOc1ccc(-c2nc(NC(=O)CN(C)S(=O)(=O)c3cccs3)sc2C)cc1. The van der Waals surface area contributed by atoms with Crippen molar-refractivity contribution in [2.24, 2.45) is 0 Å². The molecule has 2 aromatic heterocycles. The summed E-state index contributed by atoms with van der Waals surface area (Å²) in [6.45, 7) is 4.15. The van der Waals surface area contributed by atoms with Gasteiger partial charge in [-0.25, -0.2) is 13.4 Å². The van der Waals surface area contributed by atoms with Crippen LogP contribution in [0.1, 0.15) is 11.8 Å². The molecule has 1 amide bonds. The van der Waals surface area contributed by atoms with E-state index in [4.69, 9.17) is 4.74 Å². The van der Waals surface area contributed by atoms with Crippen LogP contribution in [-0.2, 0) is 14.8 Å². The largest absolute Gasteiger partial charge is 0.494 e. The van der Waals surface area contributed by atoms with Gasteiger partial charge in [-0.05, 0) is 49.6 Å². The van der Waals surface area contributed by atoms with Gasteiger partial charge in [0.1, 0.15) is 9.96 Å². The van der Waals surface area contributed by atoms with Crippen molar-refractivity contribution in [3.63, 3.8) is 0 Å². The third-order valence-corrected chi connectivity index (χ3v) is 8.07. The second-order valence-corrected chi connectivity index (χ2v) is 10.5. The van der Waals surface area contributed by atoms with Crippen LogP contribution in [0.5, 0.6) is 5.75 Å². The molecule has 0 atom stereocenters. The van der Waals surface area contributed by atoms with Crippen molar-refractivity contribution in [1.82, 2.24) is 9.29 Å². The number of likely N-dealkylation sites (N-methyl/N-ethyl adjacent to an activating group) is 1. The van der Waals surface area contributed by atoms with E-state index in [1.807, 2.05) is 38.1 Å². The first-order chi connectivity index (χ1) is 13.8. The summed E-state index contributed by atoms with van der Waals surface area (Å²) >= 11 is 2.46. The maximum Gasteiger partial charge on any atom is 0.252 e. The number of nitrogens with one attached hydrogen (secondary N) is 1. The molecule has 0 aliphatic carbocycles. The molecular formula is C19H21N3O4S3. The molecule has 10 heteroatoms. The summed E-state index contributed by atoms with van der Waals surface area (Å²) < 4.78 is 31.5. The molecular weight excluding hydrogens is 430 g/mol. The first-order valence-electron chi connectivity index (χ1n) is 8.81. The number of anilines is 1. The van der Waals surface area contributed by atoms with E-state index < -0.39 is 15.9 Å². The third-order valence-electron chi connectivity index (χ3n) is 4.01. The molecule has 154 valence electrons. The van der Waals surface area contributed by atoms with Crippen LogP contribution in [0.25, 0.3) is 11.3 Å². The van der Waals surface area contributed by atoms with Gasteiger partial charge in [0.05, 0.1) is 18.8 Å². The average molecular weight is 452 g/mol. The summed E-state index contributed by atoms with van der Waals surface area (Å²) in [5.74, 6) is 0.340. The van der Waals surface area contributed by atoms with Crippen LogP contribution in [0.4, 0.5) is 5.13 Å². The number of ether oxygens (including phenoxy) is 1. The molecule has 0 aliphatic heterocycles. The smallest absolute Gasteiger partial charge is 0.252 e. The number of benzene rings is 1. The molecule has 1 aromatic carbocycles. The number of rotatable bonds is 8. The zero-order valence-electron chi connectivity index (χ0n) is 16.2. The fraction of sp³-hybridized carbons (Fsp3) is 0.263. The van der Waals surface area contributed by atoms with E-state index >= 15 is 0 Å². The highest BCUT2D eigenvalue weighted by Crippen LogP contribution is 2.31. The summed E-state index contributed by atoms with van der Waals surface area (Å²) in [5.41, 5.74) is 1.69. The Kier molecular flexibility index (Phi) is 6.68. The van der Waals surface area contributed by atoms with Gasteiger partial charge >= 0.3 is 0 Å². The number of aromatic nitrogens is 1. The fourth-order valence-electron chi connectivity index (χ4n) is 2.60. The number of thiazole rings is 1. The molecule has 0 radical (unpaired) electrons. The molecule has 0 unspecified atom stereocenters. The fourth-order valence-corrected chi connectivity index (χ4v) is 5.78. The van der Waals surface area contributed by atoms with E-state index in [0.29, 0.717) is 11.7 Å². The Morgan fingerprint density at radius 1 is 1.24 bits per heavy atom. The van der Waals surface area contributed by atoms with Gasteiger partial charge in [0, 0.05) is 17.5 Å². The third kappa shape index (κ3) is 5.02. The minimum atomic E-state index is -3.68. The quantitative estimate of drug-likeness (QED) is 0.562. The molecule has 0 fully saturated rings. The lowest BCUT2D eigenvalue weighted by Gasteiger charge is -2.15. The van der Waals surface area contributed by atoms with Crippen molar-refractivity contribution in [3.8, 4) is 17.0 Å². The summed E-state index contributed by atoms with van der Waals surface area (Å²) in [6.07, 6.45) is 0. The Labute approximate surface area is 178 Å². The van der Waals surface area contributed by atoms with Crippen molar-refractivity contribution in [2.45, 2.75) is 18.1 Å². The van der Waals surface area contributed by atoms with Crippen molar-refractivity contribution < 1.29 is 17.9 Å². The molecule has 7 nitrogen and oxygen atoms in total. The highest BCUT2D eigenvalue weighted by atomic mass is 32.2. The molecule has 0 saturated carbocycles. The van der Waals surface area contributed by atoms with Crippen LogP contribution in [0.2, 0.25) is 0 Å². The van der Waals surface area contributed by atoms with Gasteiger partial charge in [0.25, 0.3) is 10.0 Å². The van der Waals surface area contributed by atoms with E-state index in [2.05, 4.69) is 10.3 Å². The first kappa shape index (κ1) is 21.4. The lowest BCUT2D eigenvalue weighted by molar-refractivity contribution is -0.116. The van der Waals surface area contributed by atoms with Crippen LogP contribution in [-0.4, -0.2) is 43.8 Å². The molecule has 0 bridgehead atoms. The summed E-state index contributed by atoms with van der Waals surface area (Å²) in [7, 11) is -2.29. The summed E-state index contributed by atoms with van der Waals surface area (Å²) in [4.78, 5) is 17.8. The number of sulfonamides is 1. The predicted molar refractivity (Wildman–Crippen MR) is 116 cm³/mol. The van der Waals surface area contributed by atoms with Crippen molar-refractivity contribution in [2.75, 3.05) is 25.5 Å². The molecule has 3 aromatic rings. The van der Waals surface area contributed by atoms with E-state index in [0.717, 1.165) is 37.5 Å². The van der Waals surface area contributed by atoms with Gasteiger partial charge < -0.3 is 10.1 Å². The second-order valence-electron chi connectivity index (χ2n) is 6.12. The molecule has 0 spiro atoms. The Morgan fingerprint density at radius 3 is 2.59 bits per heavy atom. The summed E-state index contributed by atoms with van der Waals surface area (Å²) in [5, 5.41) is 4.81. The number of carbonyl (C=O) groups is 1. The van der Waals surface area contributed by atoms with Crippen molar-refractivity contribution in [1.29, 1.82) is 0 Å². The van der Waals surface area contributed by atoms with Gasteiger partial charge in [-0.2, -0.15) is 4.31 Å². The Morgan fingerprint density at radius 2 is 1.97 bits per heavy atom. The van der Waals surface area contributed by atoms with E-state index in [1.165, 1.54) is 24.5 Å².